The first kappa shape index (κ1) is 11.1. The predicted octanol–water partition coefficient (Wildman–Crippen LogP) is 1.25. The average Bonchev–Trinajstić information content (AvgIpc) is 2.58. The molecule has 0 saturated carbocycles. The number of benzene rings is 1. The highest BCUT2D eigenvalue weighted by molar-refractivity contribution is 7.86. The Hall–Kier alpha value is -1.43. The van der Waals surface area contributed by atoms with E-state index >= 15 is 0 Å². The second-order valence-electron chi connectivity index (χ2n) is 3.65. The molecule has 16 heavy (non-hydrogen) atoms. The zero-order valence-corrected chi connectivity index (χ0v) is 9.42. The highest BCUT2D eigenvalue weighted by Crippen LogP contribution is 2.30. The van der Waals surface area contributed by atoms with E-state index in [1.54, 1.807) is 4.90 Å². The molecule has 6 heteroatoms. The maximum Gasteiger partial charge on any atom is 0.332 e. The Labute approximate surface area is 92.9 Å². The molecular weight excluding hydrogens is 233 g/mol. The first-order chi connectivity index (χ1) is 7.39. The van der Waals surface area contributed by atoms with E-state index in [9.17, 15) is 17.1 Å². The van der Waals surface area contributed by atoms with Crippen LogP contribution in [0.1, 0.15) is 12.5 Å². The molecule has 0 radical (unpaired) electrons. The van der Waals surface area contributed by atoms with Gasteiger partial charge in [0.1, 0.15) is 0 Å². The molecule has 1 aliphatic rings. The second kappa shape index (κ2) is 3.55. The Morgan fingerprint density at radius 1 is 1.44 bits per heavy atom. The van der Waals surface area contributed by atoms with Crippen LogP contribution in [0.25, 0.3) is 0 Å². The lowest BCUT2D eigenvalue weighted by molar-refractivity contribution is -0.116. The number of carbonyl (C=O) groups excluding carboxylic acids is 1. The number of anilines is 1. The van der Waals surface area contributed by atoms with Gasteiger partial charge in [0.2, 0.25) is 5.91 Å². The number of amides is 1. The van der Waals surface area contributed by atoms with Crippen LogP contribution in [-0.2, 0) is 21.4 Å². The van der Waals surface area contributed by atoms with Crippen molar-refractivity contribution in [1.29, 1.82) is 0 Å². The number of hydrogen-bond acceptors (Lipinski definition) is 3. The van der Waals surface area contributed by atoms with Gasteiger partial charge in [-0.1, -0.05) is 0 Å². The maximum atomic E-state index is 12.7. The quantitative estimate of drug-likeness (QED) is 0.698. The minimum absolute atomic E-state index is 0.102. The molecule has 1 aromatic rings. The van der Waals surface area contributed by atoms with E-state index in [0.29, 0.717) is 24.2 Å². The Kier molecular flexibility index (Phi) is 2.46. The van der Waals surface area contributed by atoms with E-state index in [1.165, 1.54) is 25.1 Å². The van der Waals surface area contributed by atoms with E-state index < -0.39 is 10.2 Å². The molecule has 1 amide bonds. The summed E-state index contributed by atoms with van der Waals surface area (Å²) in [5.74, 6) is -0.102. The van der Waals surface area contributed by atoms with Crippen LogP contribution >= 0.6 is 0 Å². The van der Waals surface area contributed by atoms with Gasteiger partial charge >= 0.3 is 10.2 Å². The zero-order chi connectivity index (χ0) is 11.9. The fourth-order valence-corrected chi connectivity index (χ4v) is 2.37. The Balaban J connectivity index is 2.48. The third-order valence-electron chi connectivity index (χ3n) is 2.61. The van der Waals surface area contributed by atoms with Gasteiger partial charge < -0.3 is 4.90 Å². The summed E-state index contributed by atoms with van der Waals surface area (Å²) in [4.78, 5) is 12.4. The van der Waals surface area contributed by atoms with Gasteiger partial charge in [-0.3, -0.25) is 4.79 Å². The molecule has 0 unspecified atom stereocenters. The largest absolute Gasteiger partial charge is 0.332 e. The first-order valence-corrected chi connectivity index (χ1v) is 6.13. The molecule has 1 aliphatic heterocycles. The summed E-state index contributed by atoms with van der Waals surface area (Å²) in [6.45, 7) is 1.95. The zero-order valence-electron chi connectivity index (χ0n) is 8.60. The number of carbonyl (C=O) groups is 1. The Bertz CT molecular complexity index is 553. The molecule has 1 heterocycles. The van der Waals surface area contributed by atoms with Crippen molar-refractivity contribution >= 4 is 21.8 Å². The summed E-state index contributed by atoms with van der Waals surface area (Å²) in [6.07, 6.45) is 0.554. The normalized spacial score (nSPS) is 15.0. The number of hydrogen-bond donors (Lipinski definition) is 0. The van der Waals surface area contributed by atoms with Gasteiger partial charge in [0, 0.05) is 19.2 Å². The number of fused-ring (bicyclic) bond motifs is 1. The lowest BCUT2D eigenvalue weighted by Gasteiger charge is -2.14. The van der Waals surface area contributed by atoms with Crippen molar-refractivity contribution < 1.29 is 17.1 Å². The summed E-state index contributed by atoms with van der Waals surface area (Å²) in [7, 11) is -4.67. The van der Waals surface area contributed by atoms with Gasteiger partial charge in [0.05, 0.1) is 4.90 Å². The third-order valence-corrected chi connectivity index (χ3v) is 3.43. The van der Waals surface area contributed by atoms with Gasteiger partial charge in [0.15, 0.2) is 0 Å². The topological polar surface area (TPSA) is 54.5 Å². The molecule has 0 N–H and O–H groups in total. The van der Waals surface area contributed by atoms with E-state index in [1.807, 2.05) is 0 Å². The molecule has 0 spiro atoms. The van der Waals surface area contributed by atoms with Gasteiger partial charge in [-0.25, -0.2) is 0 Å². The van der Waals surface area contributed by atoms with Crippen LogP contribution in [0.2, 0.25) is 0 Å². The van der Waals surface area contributed by atoms with Gasteiger partial charge in [-0.05, 0) is 30.2 Å². The second-order valence-corrected chi connectivity index (χ2v) is 5.00. The lowest BCUT2D eigenvalue weighted by atomic mass is 10.2. The number of rotatable bonds is 1. The van der Waals surface area contributed by atoms with Crippen LogP contribution in [-0.4, -0.2) is 20.9 Å². The van der Waals surface area contributed by atoms with Crippen molar-refractivity contribution in [2.24, 2.45) is 0 Å². The van der Waals surface area contributed by atoms with E-state index in [-0.39, 0.29) is 10.8 Å². The fourth-order valence-electron chi connectivity index (χ4n) is 1.86. The van der Waals surface area contributed by atoms with Crippen LogP contribution in [0.5, 0.6) is 0 Å². The number of halogens is 1. The first-order valence-electron chi connectivity index (χ1n) is 4.75. The van der Waals surface area contributed by atoms with E-state index in [4.69, 9.17) is 0 Å². The van der Waals surface area contributed by atoms with Crippen molar-refractivity contribution in [3.05, 3.63) is 23.8 Å². The van der Waals surface area contributed by atoms with Crippen LogP contribution in [0, 0.1) is 0 Å². The molecule has 0 bridgehead atoms. The standard InChI is InChI=1S/C10H10FNO3S/c1-7(13)12-5-4-8-6-9(16(11,14)15)2-3-10(8)12/h2-3,6H,4-5H2,1H3. The minimum Gasteiger partial charge on any atom is -0.312 e. The molecule has 0 atom stereocenters. The molecule has 0 aromatic heterocycles. The molecule has 0 fully saturated rings. The summed E-state index contributed by atoms with van der Waals surface area (Å²) in [5, 5.41) is 0. The van der Waals surface area contributed by atoms with Gasteiger partial charge in [0.25, 0.3) is 0 Å². The number of nitrogens with zero attached hydrogens (tertiary/aromatic N) is 1. The average molecular weight is 243 g/mol. The molecule has 0 aliphatic carbocycles. The van der Waals surface area contributed by atoms with Crippen molar-refractivity contribution in [2.45, 2.75) is 18.2 Å². The Morgan fingerprint density at radius 3 is 2.69 bits per heavy atom. The van der Waals surface area contributed by atoms with Crippen molar-refractivity contribution in [3.63, 3.8) is 0 Å². The third kappa shape index (κ3) is 1.80. The van der Waals surface area contributed by atoms with Crippen LogP contribution in [0.4, 0.5) is 9.57 Å². The van der Waals surface area contributed by atoms with Crippen LogP contribution in [0.15, 0.2) is 23.1 Å². The fraction of sp³-hybridized carbons (Fsp3) is 0.300. The smallest absolute Gasteiger partial charge is 0.312 e. The van der Waals surface area contributed by atoms with Crippen molar-refractivity contribution in [3.8, 4) is 0 Å². The summed E-state index contributed by atoms with van der Waals surface area (Å²) < 4.78 is 34.1. The monoisotopic (exact) mass is 243 g/mol. The highest BCUT2D eigenvalue weighted by atomic mass is 32.3. The Morgan fingerprint density at radius 2 is 2.12 bits per heavy atom. The van der Waals surface area contributed by atoms with Crippen LogP contribution in [0.3, 0.4) is 0 Å². The molecule has 0 saturated heterocycles. The predicted molar refractivity (Wildman–Crippen MR) is 56.5 cm³/mol. The molecule has 4 nitrogen and oxygen atoms in total. The molecule has 86 valence electrons. The molecule has 1 aromatic carbocycles. The SMILES string of the molecule is CC(=O)N1CCc2cc(S(=O)(=O)F)ccc21. The summed E-state index contributed by atoms with van der Waals surface area (Å²) in [6, 6.07) is 3.93. The van der Waals surface area contributed by atoms with E-state index in [0.717, 1.165) is 0 Å². The van der Waals surface area contributed by atoms with Crippen molar-refractivity contribution in [1.82, 2.24) is 0 Å². The maximum absolute atomic E-state index is 12.7. The summed E-state index contributed by atoms with van der Waals surface area (Å²) in [5.41, 5.74) is 1.36. The molecular formula is C10H10FNO3S. The van der Waals surface area contributed by atoms with Crippen LogP contribution < -0.4 is 4.90 Å². The van der Waals surface area contributed by atoms with Crippen molar-refractivity contribution in [2.75, 3.05) is 11.4 Å². The summed E-state index contributed by atoms with van der Waals surface area (Å²) >= 11 is 0. The van der Waals surface area contributed by atoms with Gasteiger partial charge in [-0.2, -0.15) is 8.42 Å². The van der Waals surface area contributed by atoms with Gasteiger partial charge in [-0.15, -0.1) is 3.89 Å². The van der Waals surface area contributed by atoms with E-state index in [2.05, 4.69) is 0 Å². The molecule has 2 rings (SSSR count). The lowest BCUT2D eigenvalue weighted by Crippen LogP contribution is -2.25. The minimum atomic E-state index is -4.67. The highest BCUT2D eigenvalue weighted by Gasteiger charge is 2.24.